The van der Waals surface area contributed by atoms with Crippen molar-refractivity contribution >= 4 is 28.3 Å². The van der Waals surface area contributed by atoms with E-state index in [4.69, 9.17) is 0 Å². The van der Waals surface area contributed by atoms with Crippen molar-refractivity contribution in [3.8, 4) is 0 Å². The monoisotopic (exact) mass is 361 g/mol. The predicted octanol–water partition coefficient (Wildman–Crippen LogP) is 1.18. The zero-order valence-corrected chi connectivity index (χ0v) is 15.4. The maximum Gasteiger partial charge on any atom is 0.253 e. The smallest absolute Gasteiger partial charge is 0.253 e. The van der Waals surface area contributed by atoms with E-state index in [0.29, 0.717) is 18.7 Å². The molecule has 0 aliphatic carbocycles. The van der Waals surface area contributed by atoms with E-state index in [1.165, 1.54) is 15.3 Å². The first-order chi connectivity index (χ1) is 10.2. The van der Waals surface area contributed by atoms with Crippen LogP contribution in [0.5, 0.6) is 0 Å². The van der Waals surface area contributed by atoms with E-state index in [9.17, 15) is 13.2 Å². The molecule has 2 atom stereocenters. The van der Waals surface area contributed by atoms with Gasteiger partial charge >= 0.3 is 0 Å². The molecule has 1 saturated heterocycles. The third kappa shape index (κ3) is 4.03. The standard InChI is InChI=1S/C15H23N3O3S.ClH/c1-11-12(2)18(9-8-16-11)22(20,21)14-7-5-6-13(10-14)15(19)17(3)4;/h5-7,10-12,16H,8-9H2,1-4H3;1H. The quantitative estimate of drug-likeness (QED) is 0.877. The Morgan fingerprint density at radius 3 is 2.57 bits per heavy atom. The summed E-state index contributed by atoms with van der Waals surface area (Å²) >= 11 is 0. The second kappa shape index (κ2) is 7.61. The zero-order chi connectivity index (χ0) is 16.5. The molecule has 0 aromatic heterocycles. The van der Waals surface area contributed by atoms with Crippen molar-refractivity contribution in [3.63, 3.8) is 0 Å². The number of nitrogens with zero attached hydrogens (tertiary/aromatic N) is 2. The van der Waals surface area contributed by atoms with Gasteiger partial charge in [0.15, 0.2) is 0 Å². The summed E-state index contributed by atoms with van der Waals surface area (Å²) in [5.41, 5.74) is 0.377. The minimum absolute atomic E-state index is 0. The van der Waals surface area contributed by atoms with Crippen LogP contribution in [0.1, 0.15) is 24.2 Å². The maximum absolute atomic E-state index is 12.9. The Morgan fingerprint density at radius 2 is 1.96 bits per heavy atom. The number of piperazine rings is 1. The van der Waals surface area contributed by atoms with Crippen LogP contribution in [0, 0.1) is 0 Å². The average molecular weight is 362 g/mol. The first kappa shape index (κ1) is 19.9. The number of amides is 1. The fourth-order valence-electron chi connectivity index (χ4n) is 2.55. The van der Waals surface area contributed by atoms with Gasteiger partial charge in [0.1, 0.15) is 0 Å². The van der Waals surface area contributed by atoms with Crippen molar-refractivity contribution in [1.29, 1.82) is 0 Å². The molecule has 1 aliphatic heterocycles. The topological polar surface area (TPSA) is 69.7 Å². The zero-order valence-electron chi connectivity index (χ0n) is 13.8. The van der Waals surface area contributed by atoms with Crippen LogP contribution in [0.2, 0.25) is 0 Å². The van der Waals surface area contributed by atoms with E-state index >= 15 is 0 Å². The number of carbonyl (C=O) groups excluding carboxylic acids is 1. The van der Waals surface area contributed by atoms with Gasteiger partial charge in [0.2, 0.25) is 10.0 Å². The molecule has 6 nitrogen and oxygen atoms in total. The third-order valence-electron chi connectivity index (χ3n) is 4.07. The molecular weight excluding hydrogens is 338 g/mol. The summed E-state index contributed by atoms with van der Waals surface area (Å²) in [6.45, 7) is 4.92. The highest BCUT2D eigenvalue weighted by atomic mass is 35.5. The first-order valence-electron chi connectivity index (χ1n) is 7.32. The van der Waals surface area contributed by atoms with Crippen LogP contribution in [-0.2, 0) is 10.0 Å². The van der Waals surface area contributed by atoms with E-state index in [1.54, 1.807) is 32.3 Å². The molecule has 1 fully saturated rings. The molecule has 0 saturated carbocycles. The number of nitrogens with one attached hydrogen (secondary N) is 1. The van der Waals surface area contributed by atoms with Gasteiger partial charge in [0.05, 0.1) is 4.90 Å². The third-order valence-corrected chi connectivity index (χ3v) is 6.05. The summed E-state index contributed by atoms with van der Waals surface area (Å²) in [4.78, 5) is 13.6. The Labute approximate surface area is 144 Å². The van der Waals surface area contributed by atoms with E-state index in [-0.39, 0.29) is 35.3 Å². The van der Waals surface area contributed by atoms with Crippen LogP contribution in [0.4, 0.5) is 0 Å². The minimum atomic E-state index is -3.60. The maximum atomic E-state index is 12.9. The van der Waals surface area contributed by atoms with Gasteiger partial charge in [-0.3, -0.25) is 4.79 Å². The molecule has 0 bridgehead atoms. The van der Waals surface area contributed by atoms with Gasteiger partial charge < -0.3 is 10.2 Å². The van der Waals surface area contributed by atoms with Crippen molar-refractivity contribution in [1.82, 2.24) is 14.5 Å². The molecule has 2 unspecified atom stereocenters. The van der Waals surface area contributed by atoms with Gasteiger partial charge in [-0.1, -0.05) is 6.07 Å². The molecule has 1 amide bonds. The van der Waals surface area contributed by atoms with Crippen molar-refractivity contribution in [2.24, 2.45) is 0 Å². The van der Waals surface area contributed by atoms with Crippen LogP contribution in [-0.4, -0.2) is 62.8 Å². The summed E-state index contributed by atoms with van der Waals surface area (Å²) in [6, 6.07) is 6.20. The fraction of sp³-hybridized carbons (Fsp3) is 0.533. The number of carbonyl (C=O) groups is 1. The lowest BCUT2D eigenvalue weighted by molar-refractivity contribution is 0.0827. The highest BCUT2D eigenvalue weighted by molar-refractivity contribution is 7.89. The molecule has 1 heterocycles. The van der Waals surface area contributed by atoms with E-state index in [1.807, 2.05) is 13.8 Å². The van der Waals surface area contributed by atoms with E-state index < -0.39 is 10.0 Å². The number of sulfonamides is 1. The molecular formula is C15H24ClN3O3S. The van der Waals surface area contributed by atoms with Crippen molar-refractivity contribution in [2.45, 2.75) is 30.8 Å². The number of rotatable bonds is 3. The fourth-order valence-corrected chi connectivity index (χ4v) is 4.30. The Kier molecular flexibility index (Phi) is 6.59. The van der Waals surface area contributed by atoms with Crippen LogP contribution in [0.15, 0.2) is 29.2 Å². The Hall–Kier alpha value is -1.15. The van der Waals surface area contributed by atoms with Gasteiger partial charge in [0.25, 0.3) is 5.91 Å². The summed E-state index contributed by atoms with van der Waals surface area (Å²) in [6.07, 6.45) is 0. The van der Waals surface area contributed by atoms with Crippen LogP contribution in [0.25, 0.3) is 0 Å². The second-order valence-electron chi connectivity index (χ2n) is 5.83. The van der Waals surface area contributed by atoms with Crippen LogP contribution >= 0.6 is 12.4 Å². The van der Waals surface area contributed by atoms with Crippen LogP contribution < -0.4 is 5.32 Å². The Morgan fingerprint density at radius 1 is 1.30 bits per heavy atom. The molecule has 2 rings (SSSR count). The molecule has 1 aromatic carbocycles. The molecule has 130 valence electrons. The van der Waals surface area contributed by atoms with Crippen molar-refractivity contribution < 1.29 is 13.2 Å². The highest BCUT2D eigenvalue weighted by Gasteiger charge is 2.34. The lowest BCUT2D eigenvalue weighted by Gasteiger charge is -2.37. The normalized spacial score (nSPS) is 22.3. The number of hydrogen-bond acceptors (Lipinski definition) is 4. The summed E-state index contributed by atoms with van der Waals surface area (Å²) in [5.74, 6) is -0.209. The number of hydrogen-bond donors (Lipinski definition) is 1. The summed E-state index contributed by atoms with van der Waals surface area (Å²) in [7, 11) is -0.318. The molecule has 1 N–H and O–H groups in total. The van der Waals surface area contributed by atoms with E-state index in [0.717, 1.165) is 0 Å². The molecule has 0 spiro atoms. The van der Waals surface area contributed by atoms with Gasteiger partial charge in [-0.15, -0.1) is 12.4 Å². The molecule has 8 heteroatoms. The van der Waals surface area contributed by atoms with Crippen molar-refractivity contribution in [3.05, 3.63) is 29.8 Å². The SMILES string of the molecule is CC1NCCN(S(=O)(=O)c2cccc(C(=O)N(C)C)c2)C1C.Cl. The molecule has 23 heavy (non-hydrogen) atoms. The molecule has 1 aliphatic rings. The van der Waals surface area contributed by atoms with Crippen molar-refractivity contribution in [2.75, 3.05) is 27.2 Å². The molecule has 1 aromatic rings. The minimum Gasteiger partial charge on any atom is -0.345 e. The Balaban J connectivity index is 0.00000264. The average Bonchev–Trinajstić information content (AvgIpc) is 2.49. The Bertz CT molecular complexity index is 664. The van der Waals surface area contributed by atoms with Gasteiger partial charge in [0, 0.05) is 44.8 Å². The van der Waals surface area contributed by atoms with Crippen LogP contribution in [0.3, 0.4) is 0 Å². The first-order valence-corrected chi connectivity index (χ1v) is 8.76. The van der Waals surface area contributed by atoms with Gasteiger partial charge in [-0.2, -0.15) is 4.31 Å². The van der Waals surface area contributed by atoms with Gasteiger partial charge in [-0.25, -0.2) is 8.42 Å². The highest BCUT2D eigenvalue weighted by Crippen LogP contribution is 2.22. The number of benzene rings is 1. The second-order valence-corrected chi connectivity index (χ2v) is 7.72. The lowest BCUT2D eigenvalue weighted by Crippen LogP contribution is -2.57. The largest absolute Gasteiger partial charge is 0.345 e. The number of halogens is 1. The van der Waals surface area contributed by atoms with E-state index in [2.05, 4.69) is 5.32 Å². The van der Waals surface area contributed by atoms with Gasteiger partial charge in [-0.05, 0) is 32.0 Å². The lowest BCUT2D eigenvalue weighted by atomic mass is 10.1. The molecule has 0 radical (unpaired) electrons. The predicted molar refractivity (Wildman–Crippen MR) is 92.5 cm³/mol. The summed E-state index contributed by atoms with van der Waals surface area (Å²) < 4.78 is 27.2. The summed E-state index contributed by atoms with van der Waals surface area (Å²) in [5, 5.41) is 3.26.